The average molecular weight is 347 g/mol. The van der Waals surface area contributed by atoms with E-state index in [1.54, 1.807) is 0 Å². The number of amides is 1. The molecule has 24 heavy (non-hydrogen) atoms. The van der Waals surface area contributed by atoms with Crippen molar-refractivity contribution in [3.63, 3.8) is 0 Å². The maximum atomic E-state index is 12.6. The minimum atomic E-state index is -0.0536. The zero-order chi connectivity index (χ0) is 15.6. The lowest BCUT2D eigenvalue weighted by Crippen LogP contribution is -2.25. The molecule has 0 saturated carbocycles. The summed E-state index contributed by atoms with van der Waals surface area (Å²) in [6.07, 6.45) is 1.98. The first-order valence-corrected chi connectivity index (χ1v) is 7.84. The van der Waals surface area contributed by atoms with Crippen LogP contribution in [0.1, 0.15) is 27.9 Å². The fourth-order valence-corrected chi connectivity index (χ4v) is 3.12. The number of fused-ring (bicyclic) bond motifs is 2. The van der Waals surface area contributed by atoms with Gasteiger partial charge in [-0.25, -0.2) is 0 Å². The van der Waals surface area contributed by atoms with Gasteiger partial charge in [0.1, 0.15) is 0 Å². The van der Waals surface area contributed by atoms with Crippen LogP contribution in [0.3, 0.4) is 0 Å². The van der Waals surface area contributed by atoms with Gasteiger partial charge in [0.2, 0.25) is 6.79 Å². The monoisotopic (exact) mass is 346 g/mol. The number of carbonyl (C=O) groups excluding carboxylic acids is 1. The molecular weight excluding hydrogens is 328 g/mol. The minimum Gasteiger partial charge on any atom is -0.454 e. The Morgan fingerprint density at radius 1 is 1.17 bits per heavy atom. The van der Waals surface area contributed by atoms with Gasteiger partial charge in [0.05, 0.1) is 0 Å². The molecular formula is C18H19ClN2O3. The largest absolute Gasteiger partial charge is 0.454 e. The van der Waals surface area contributed by atoms with Crippen LogP contribution in [0.4, 0.5) is 5.69 Å². The summed E-state index contributed by atoms with van der Waals surface area (Å²) in [5.74, 6) is 1.41. The molecule has 1 amide bonds. The number of anilines is 1. The lowest BCUT2D eigenvalue weighted by molar-refractivity contribution is 0.0949. The number of para-hydroxylation sites is 1. The minimum absolute atomic E-state index is 0. The van der Waals surface area contributed by atoms with Gasteiger partial charge in [-0.3, -0.25) is 4.79 Å². The SMILES string of the molecule is Cl.O=C(NCc1cccc2c1OCO2)c1cccc2c1CCCN2. The highest BCUT2D eigenvalue weighted by molar-refractivity contribution is 5.97. The van der Waals surface area contributed by atoms with Gasteiger partial charge < -0.3 is 20.1 Å². The fraction of sp³-hybridized carbons (Fsp3) is 0.278. The van der Waals surface area contributed by atoms with Gasteiger partial charge in [0, 0.05) is 29.9 Å². The fourth-order valence-electron chi connectivity index (χ4n) is 3.12. The van der Waals surface area contributed by atoms with Crippen molar-refractivity contribution in [3.8, 4) is 11.5 Å². The molecule has 2 aromatic carbocycles. The van der Waals surface area contributed by atoms with E-state index in [-0.39, 0.29) is 25.1 Å². The van der Waals surface area contributed by atoms with Crippen molar-refractivity contribution in [2.75, 3.05) is 18.7 Å². The Morgan fingerprint density at radius 3 is 2.96 bits per heavy atom. The first-order valence-electron chi connectivity index (χ1n) is 7.84. The third-order valence-electron chi connectivity index (χ3n) is 4.26. The van der Waals surface area contributed by atoms with E-state index in [1.807, 2.05) is 36.4 Å². The van der Waals surface area contributed by atoms with Gasteiger partial charge in [-0.1, -0.05) is 18.2 Å². The van der Waals surface area contributed by atoms with E-state index < -0.39 is 0 Å². The van der Waals surface area contributed by atoms with Crippen LogP contribution in [-0.2, 0) is 13.0 Å². The standard InChI is InChI=1S/C18H18N2O3.ClH/c21-18(14-5-2-7-15-13(14)6-3-9-19-15)20-10-12-4-1-8-16-17(12)23-11-22-16;/h1-2,4-5,7-8,19H,3,6,9-11H2,(H,20,21);1H. The molecule has 6 heteroatoms. The van der Waals surface area contributed by atoms with Gasteiger partial charge in [0.25, 0.3) is 5.91 Å². The Kier molecular flexibility index (Phi) is 4.81. The summed E-state index contributed by atoms with van der Waals surface area (Å²) in [7, 11) is 0. The maximum absolute atomic E-state index is 12.6. The molecule has 0 radical (unpaired) electrons. The molecule has 126 valence electrons. The smallest absolute Gasteiger partial charge is 0.251 e. The number of hydrogen-bond acceptors (Lipinski definition) is 4. The van der Waals surface area contributed by atoms with Crippen LogP contribution in [0.5, 0.6) is 11.5 Å². The highest BCUT2D eigenvalue weighted by atomic mass is 35.5. The molecule has 0 bridgehead atoms. The van der Waals surface area contributed by atoms with Gasteiger partial charge in [0.15, 0.2) is 11.5 Å². The molecule has 0 unspecified atom stereocenters. The van der Waals surface area contributed by atoms with Crippen LogP contribution >= 0.6 is 12.4 Å². The number of nitrogens with one attached hydrogen (secondary N) is 2. The first-order chi connectivity index (χ1) is 11.3. The van der Waals surface area contributed by atoms with Crippen LogP contribution < -0.4 is 20.1 Å². The van der Waals surface area contributed by atoms with E-state index in [9.17, 15) is 4.79 Å². The van der Waals surface area contributed by atoms with Crippen LogP contribution in [0, 0.1) is 0 Å². The van der Waals surface area contributed by atoms with E-state index in [2.05, 4.69) is 10.6 Å². The second kappa shape index (κ2) is 7.01. The van der Waals surface area contributed by atoms with Crippen molar-refractivity contribution < 1.29 is 14.3 Å². The zero-order valence-electron chi connectivity index (χ0n) is 13.1. The van der Waals surface area contributed by atoms with E-state index >= 15 is 0 Å². The normalized spacial score (nSPS) is 14.2. The van der Waals surface area contributed by atoms with Crippen molar-refractivity contribution in [1.29, 1.82) is 0 Å². The molecule has 4 rings (SSSR count). The van der Waals surface area contributed by atoms with Crippen molar-refractivity contribution in [2.45, 2.75) is 19.4 Å². The molecule has 0 atom stereocenters. The Balaban J connectivity index is 0.00000169. The summed E-state index contributed by atoms with van der Waals surface area (Å²) >= 11 is 0. The van der Waals surface area contributed by atoms with Crippen LogP contribution in [0.15, 0.2) is 36.4 Å². The summed E-state index contributed by atoms with van der Waals surface area (Å²) < 4.78 is 10.8. The Morgan fingerprint density at radius 2 is 2.04 bits per heavy atom. The zero-order valence-corrected chi connectivity index (χ0v) is 13.9. The first kappa shape index (κ1) is 16.5. The highest BCUT2D eigenvalue weighted by Crippen LogP contribution is 2.35. The Bertz CT molecular complexity index is 764. The van der Waals surface area contributed by atoms with E-state index in [1.165, 1.54) is 0 Å². The predicted octanol–water partition coefficient (Wildman–Crippen LogP) is 3.13. The summed E-state index contributed by atoms with van der Waals surface area (Å²) in [6, 6.07) is 11.5. The number of benzene rings is 2. The molecule has 2 aromatic rings. The van der Waals surface area contributed by atoms with Crippen molar-refractivity contribution >= 4 is 24.0 Å². The summed E-state index contributed by atoms with van der Waals surface area (Å²) in [5, 5.41) is 6.34. The number of rotatable bonds is 3. The van der Waals surface area contributed by atoms with E-state index in [0.29, 0.717) is 6.54 Å². The molecule has 2 heterocycles. The van der Waals surface area contributed by atoms with Gasteiger partial charge in [-0.15, -0.1) is 12.4 Å². The van der Waals surface area contributed by atoms with E-state index in [4.69, 9.17) is 9.47 Å². The van der Waals surface area contributed by atoms with Crippen LogP contribution in [0.2, 0.25) is 0 Å². The van der Waals surface area contributed by atoms with Gasteiger partial charge in [-0.2, -0.15) is 0 Å². The van der Waals surface area contributed by atoms with Crippen molar-refractivity contribution in [1.82, 2.24) is 5.32 Å². The summed E-state index contributed by atoms with van der Waals surface area (Å²) in [4.78, 5) is 12.6. The van der Waals surface area contributed by atoms with Crippen LogP contribution in [0.25, 0.3) is 0 Å². The molecule has 0 fully saturated rings. The van der Waals surface area contributed by atoms with Gasteiger partial charge in [-0.05, 0) is 36.6 Å². The number of carbonyl (C=O) groups is 1. The maximum Gasteiger partial charge on any atom is 0.251 e. The molecule has 2 aliphatic rings. The molecule has 2 aliphatic heterocycles. The molecule has 0 aliphatic carbocycles. The average Bonchev–Trinajstić information content (AvgIpc) is 3.08. The third-order valence-corrected chi connectivity index (χ3v) is 4.26. The highest BCUT2D eigenvalue weighted by Gasteiger charge is 2.20. The second-order valence-corrected chi connectivity index (χ2v) is 5.70. The topological polar surface area (TPSA) is 59.6 Å². The molecule has 0 saturated heterocycles. The Labute approximate surface area is 146 Å². The number of halogens is 1. The summed E-state index contributed by atoms with van der Waals surface area (Å²) in [6.45, 7) is 1.62. The third kappa shape index (κ3) is 2.99. The van der Waals surface area contributed by atoms with Crippen molar-refractivity contribution in [2.24, 2.45) is 0 Å². The van der Waals surface area contributed by atoms with Gasteiger partial charge >= 0.3 is 0 Å². The Hall–Kier alpha value is -2.40. The number of ether oxygens (including phenoxy) is 2. The quantitative estimate of drug-likeness (QED) is 0.896. The molecule has 0 spiro atoms. The number of hydrogen-bond donors (Lipinski definition) is 2. The molecule has 2 N–H and O–H groups in total. The lowest BCUT2D eigenvalue weighted by Gasteiger charge is -2.20. The lowest BCUT2D eigenvalue weighted by atomic mass is 9.97. The van der Waals surface area contributed by atoms with E-state index in [0.717, 1.165) is 53.3 Å². The van der Waals surface area contributed by atoms with Crippen molar-refractivity contribution in [3.05, 3.63) is 53.1 Å². The van der Waals surface area contributed by atoms with Crippen LogP contribution in [-0.4, -0.2) is 19.2 Å². The summed E-state index contributed by atoms with van der Waals surface area (Å²) in [5.41, 5.74) is 3.85. The predicted molar refractivity (Wildman–Crippen MR) is 94.2 cm³/mol. The molecule has 5 nitrogen and oxygen atoms in total. The molecule has 0 aromatic heterocycles. The second-order valence-electron chi connectivity index (χ2n) is 5.70.